The Labute approximate surface area is 173 Å². The van der Waals surface area contributed by atoms with E-state index in [1.165, 1.54) is 30.3 Å². The van der Waals surface area contributed by atoms with Crippen LogP contribution in [0.4, 0.5) is 19.0 Å². The third kappa shape index (κ3) is 4.78. The van der Waals surface area contributed by atoms with Crippen molar-refractivity contribution in [2.24, 2.45) is 0 Å². The molecule has 3 rings (SSSR count). The summed E-state index contributed by atoms with van der Waals surface area (Å²) in [5.41, 5.74) is -0.637. The van der Waals surface area contributed by atoms with Gasteiger partial charge in [0.2, 0.25) is 10.0 Å². The molecule has 2 heterocycles. The van der Waals surface area contributed by atoms with E-state index in [2.05, 4.69) is 14.8 Å². The van der Waals surface area contributed by atoms with Gasteiger partial charge < -0.3 is 9.40 Å². The van der Waals surface area contributed by atoms with Crippen molar-refractivity contribution in [1.82, 2.24) is 14.8 Å². The fraction of sp³-hybridized carbons (Fsp3) is 0.176. The molecule has 6 nitrogen and oxygen atoms in total. The van der Waals surface area contributed by atoms with Crippen molar-refractivity contribution in [3.05, 3.63) is 70.7 Å². The number of hydrogen-bond acceptors (Lipinski definition) is 4. The Morgan fingerprint density at radius 1 is 1.07 bits per heavy atom. The SMILES string of the molecule is CCc1cccc(-n2nc(C(F)(F)F)cc2[N-]S(=O)(=O)c2ccccc2)n1.[Ir]. The van der Waals surface area contributed by atoms with E-state index in [-0.39, 0.29) is 30.8 Å². The zero-order valence-corrected chi connectivity index (χ0v) is 17.6. The molecule has 0 aliphatic rings. The molecule has 0 unspecified atom stereocenters. The Morgan fingerprint density at radius 2 is 1.75 bits per heavy atom. The van der Waals surface area contributed by atoms with Crippen LogP contribution in [0.25, 0.3) is 10.5 Å². The summed E-state index contributed by atoms with van der Waals surface area (Å²) in [7, 11) is -4.22. The van der Waals surface area contributed by atoms with Crippen LogP contribution in [0.2, 0.25) is 0 Å². The number of benzene rings is 1. The van der Waals surface area contributed by atoms with Gasteiger partial charge in [0, 0.05) is 25.8 Å². The molecular weight excluding hydrogens is 573 g/mol. The Morgan fingerprint density at radius 3 is 2.36 bits per heavy atom. The summed E-state index contributed by atoms with van der Waals surface area (Å²) in [4.78, 5) is 4.06. The van der Waals surface area contributed by atoms with Gasteiger partial charge in [0.15, 0.2) is 0 Å². The number of nitrogens with zero attached hydrogens (tertiary/aromatic N) is 4. The van der Waals surface area contributed by atoms with Gasteiger partial charge >= 0.3 is 6.18 Å². The number of pyridine rings is 1. The van der Waals surface area contributed by atoms with Gasteiger partial charge in [-0.2, -0.15) is 13.2 Å². The summed E-state index contributed by atoms with van der Waals surface area (Å²) >= 11 is 0. The minimum absolute atomic E-state index is 0. The molecule has 0 bridgehead atoms. The Kier molecular flexibility index (Phi) is 6.63. The summed E-state index contributed by atoms with van der Waals surface area (Å²) < 4.78 is 68.6. The molecule has 3 aromatic rings. The van der Waals surface area contributed by atoms with Crippen LogP contribution in [0.1, 0.15) is 18.3 Å². The zero-order chi connectivity index (χ0) is 19.7. The maximum absolute atomic E-state index is 13.1. The Hall–Kier alpha value is -2.23. The minimum atomic E-state index is -4.76. The molecule has 28 heavy (non-hydrogen) atoms. The van der Waals surface area contributed by atoms with E-state index in [1.807, 2.05) is 6.92 Å². The van der Waals surface area contributed by atoms with Gasteiger partial charge in [-0.05, 0) is 42.6 Å². The van der Waals surface area contributed by atoms with E-state index in [0.29, 0.717) is 18.2 Å². The fourth-order valence-electron chi connectivity index (χ4n) is 2.29. The molecule has 0 spiro atoms. The van der Waals surface area contributed by atoms with E-state index in [9.17, 15) is 21.6 Å². The summed E-state index contributed by atoms with van der Waals surface area (Å²) in [6.07, 6.45) is -4.20. The Bertz CT molecular complexity index is 1050. The number of rotatable bonds is 5. The van der Waals surface area contributed by atoms with Crippen molar-refractivity contribution in [1.29, 1.82) is 0 Å². The Balaban J connectivity index is 0.00000280. The number of halogens is 3. The van der Waals surface area contributed by atoms with Gasteiger partial charge in [0.05, 0.1) is 10.7 Å². The third-order valence-electron chi connectivity index (χ3n) is 3.61. The van der Waals surface area contributed by atoms with Crippen LogP contribution in [0.5, 0.6) is 0 Å². The molecular formula is C17H14F3IrN4O2S-. The van der Waals surface area contributed by atoms with Crippen LogP contribution in [0.15, 0.2) is 59.5 Å². The number of alkyl halides is 3. The molecule has 0 fully saturated rings. The van der Waals surface area contributed by atoms with E-state index in [1.54, 1.807) is 18.2 Å². The van der Waals surface area contributed by atoms with Crippen LogP contribution >= 0.6 is 0 Å². The maximum Gasteiger partial charge on any atom is 0.433 e. The van der Waals surface area contributed by atoms with Crippen LogP contribution < -0.4 is 0 Å². The van der Waals surface area contributed by atoms with Crippen molar-refractivity contribution >= 4 is 15.8 Å². The van der Waals surface area contributed by atoms with Crippen molar-refractivity contribution in [3.63, 3.8) is 0 Å². The zero-order valence-electron chi connectivity index (χ0n) is 14.4. The average Bonchev–Trinajstić information content (AvgIpc) is 3.06. The van der Waals surface area contributed by atoms with Gasteiger partial charge in [0.25, 0.3) is 0 Å². The van der Waals surface area contributed by atoms with Gasteiger partial charge in [-0.1, -0.05) is 31.2 Å². The first-order valence-corrected chi connectivity index (χ1v) is 9.31. The van der Waals surface area contributed by atoms with Gasteiger partial charge in [-0.15, -0.1) is 0 Å². The van der Waals surface area contributed by atoms with Crippen LogP contribution in [-0.4, -0.2) is 23.2 Å². The molecule has 0 N–H and O–H groups in total. The van der Waals surface area contributed by atoms with E-state index in [0.717, 1.165) is 4.68 Å². The van der Waals surface area contributed by atoms with Crippen LogP contribution in [0.3, 0.4) is 0 Å². The molecule has 151 valence electrons. The van der Waals surface area contributed by atoms with E-state index < -0.39 is 27.7 Å². The van der Waals surface area contributed by atoms with E-state index >= 15 is 0 Å². The third-order valence-corrected chi connectivity index (χ3v) is 4.90. The van der Waals surface area contributed by atoms with Gasteiger partial charge in [0.1, 0.15) is 5.69 Å². The second-order valence-corrected chi connectivity index (χ2v) is 7.12. The summed E-state index contributed by atoms with van der Waals surface area (Å²) in [5.74, 6) is -0.432. The first-order valence-electron chi connectivity index (χ1n) is 7.87. The van der Waals surface area contributed by atoms with Crippen molar-refractivity contribution in [3.8, 4) is 5.82 Å². The topological polar surface area (TPSA) is 79.0 Å². The smallest absolute Gasteiger partial charge is 0.352 e. The molecule has 1 radical (unpaired) electrons. The maximum atomic E-state index is 13.1. The first kappa shape index (κ1) is 22.1. The summed E-state index contributed by atoms with van der Waals surface area (Å²) in [5, 5.41) is 3.48. The molecule has 0 aliphatic heterocycles. The molecule has 11 heteroatoms. The number of aryl methyl sites for hydroxylation is 1. The van der Waals surface area contributed by atoms with Crippen LogP contribution in [0, 0.1) is 0 Å². The molecule has 0 aliphatic carbocycles. The average molecular weight is 588 g/mol. The molecule has 0 atom stereocenters. The minimum Gasteiger partial charge on any atom is -0.352 e. The standard InChI is InChI=1S/C17H14F3N4O2S.Ir/c1-2-12-7-6-10-15(21-12)24-16(11-14(22-24)17(18,19)20)23-27(25,26)13-8-4-3-5-9-13;/h3-11H,2H2,1H3;/q-1;. The number of aromatic nitrogens is 3. The number of hydrogen-bond donors (Lipinski definition) is 0. The second kappa shape index (κ2) is 8.42. The van der Waals surface area contributed by atoms with Gasteiger partial charge in [-0.25, -0.2) is 13.5 Å². The summed E-state index contributed by atoms with van der Waals surface area (Å²) in [6, 6.07) is 12.5. The molecule has 0 saturated carbocycles. The predicted molar refractivity (Wildman–Crippen MR) is 92.4 cm³/mol. The van der Waals surface area contributed by atoms with Crippen molar-refractivity contribution in [2.45, 2.75) is 24.4 Å². The van der Waals surface area contributed by atoms with Crippen molar-refractivity contribution < 1.29 is 41.7 Å². The molecule has 1 aromatic carbocycles. The molecule has 0 saturated heterocycles. The second-order valence-electron chi connectivity index (χ2n) is 5.52. The summed E-state index contributed by atoms with van der Waals surface area (Å²) in [6.45, 7) is 1.83. The molecule has 0 amide bonds. The molecule has 2 aromatic heterocycles. The first-order chi connectivity index (χ1) is 12.7. The van der Waals surface area contributed by atoms with Gasteiger partial charge in [-0.3, -0.25) is 4.98 Å². The van der Waals surface area contributed by atoms with Crippen molar-refractivity contribution in [2.75, 3.05) is 0 Å². The monoisotopic (exact) mass is 588 g/mol. The predicted octanol–water partition coefficient (Wildman–Crippen LogP) is 4.24. The normalized spacial score (nSPS) is 11.7. The quantitative estimate of drug-likeness (QED) is 0.448. The van der Waals surface area contributed by atoms with Crippen LogP contribution in [-0.2, 0) is 42.7 Å². The fourth-order valence-corrected chi connectivity index (χ4v) is 3.28. The van der Waals surface area contributed by atoms with E-state index in [4.69, 9.17) is 0 Å². The largest absolute Gasteiger partial charge is 0.433 e. The number of sulfonamides is 1.